The molecule has 0 spiro atoms. The quantitative estimate of drug-likeness (QED) is 0.390. The van der Waals surface area contributed by atoms with E-state index in [-0.39, 0.29) is 16.6 Å². The average Bonchev–Trinajstić information content (AvgIpc) is 3.47. The minimum Gasteiger partial charge on any atom is -0.501 e. The molecule has 2 aliphatic heterocycles. The number of ketones is 2. The summed E-state index contributed by atoms with van der Waals surface area (Å²) >= 11 is 10.3. The number of aryl methyl sites for hydroxylation is 1. The van der Waals surface area contributed by atoms with Crippen molar-refractivity contribution in [2.24, 2.45) is 11.8 Å². The molecule has 2 aromatic rings. The zero-order valence-corrected chi connectivity index (χ0v) is 18.8. The molecule has 2 saturated heterocycles. The number of rotatable bonds is 9. The van der Waals surface area contributed by atoms with E-state index in [0.717, 1.165) is 29.6 Å². The first kappa shape index (κ1) is 22.2. The van der Waals surface area contributed by atoms with E-state index < -0.39 is 23.9 Å². The molecule has 0 amide bonds. The number of carbonyl (C=O) groups is 2. The number of thiocarbonyl (C=S) groups is 2. The van der Waals surface area contributed by atoms with Crippen LogP contribution in [0.4, 0.5) is 0 Å². The van der Waals surface area contributed by atoms with E-state index in [9.17, 15) is 14.7 Å². The van der Waals surface area contributed by atoms with Crippen LogP contribution in [0.2, 0.25) is 0 Å². The lowest BCUT2D eigenvalue weighted by Crippen LogP contribution is -2.47. The molecule has 1 aromatic carbocycles. The smallest absolute Gasteiger partial charge is 0.174 e. The highest BCUT2D eigenvalue weighted by Crippen LogP contribution is 2.27. The van der Waals surface area contributed by atoms with Crippen LogP contribution in [0.1, 0.15) is 31.4 Å². The fourth-order valence-electron chi connectivity index (χ4n) is 4.67. The van der Waals surface area contributed by atoms with Gasteiger partial charge in [0.15, 0.2) is 10.8 Å². The summed E-state index contributed by atoms with van der Waals surface area (Å²) in [4.78, 5) is 26.7. The lowest BCUT2D eigenvalue weighted by atomic mass is 9.83. The molecule has 3 heterocycles. The van der Waals surface area contributed by atoms with Gasteiger partial charge in [0.1, 0.15) is 17.1 Å². The predicted molar refractivity (Wildman–Crippen MR) is 127 cm³/mol. The number of aliphatic hydroxyl groups is 1. The minimum absolute atomic E-state index is 0.00652. The van der Waals surface area contributed by atoms with Gasteiger partial charge in [0, 0.05) is 35.6 Å². The summed E-state index contributed by atoms with van der Waals surface area (Å²) in [6, 6.07) is 8.78. The Morgan fingerprint density at radius 3 is 2.74 bits per heavy atom. The Morgan fingerprint density at radius 2 is 1.97 bits per heavy atom. The van der Waals surface area contributed by atoms with Crippen molar-refractivity contribution < 1.29 is 19.1 Å². The number of carbonyl (C=O) groups excluding carboxylic acids is 2. The van der Waals surface area contributed by atoms with Crippen molar-refractivity contribution in [1.82, 2.24) is 10.6 Å². The van der Waals surface area contributed by atoms with Crippen molar-refractivity contribution in [3.8, 4) is 0 Å². The number of hydrogen-bond acceptors (Lipinski definition) is 7. The molecule has 164 valence electrons. The van der Waals surface area contributed by atoms with Gasteiger partial charge < -0.3 is 20.2 Å². The van der Waals surface area contributed by atoms with Crippen LogP contribution in [-0.4, -0.2) is 51.8 Å². The Labute approximate surface area is 191 Å². The zero-order valence-electron chi connectivity index (χ0n) is 17.1. The molecule has 1 aromatic heterocycles. The summed E-state index contributed by atoms with van der Waals surface area (Å²) in [6.45, 7) is 0.995. The maximum absolute atomic E-state index is 13.1. The van der Waals surface area contributed by atoms with Gasteiger partial charge >= 0.3 is 0 Å². The van der Waals surface area contributed by atoms with Crippen LogP contribution in [0.3, 0.4) is 0 Å². The molecule has 4 rings (SSSR count). The minimum atomic E-state index is -0.628. The summed E-state index contributed by atoms with van der Waals surface area (Å²) in [5.74, 6) is -0.181. The van der Waals surface area contributed by atoms with E-state index in [4.69, 9.17) is 28.9 Å². The molecule has 2 unspecified atom stereocenters. The molecule has 31 heavy (non-hydrogen) atoms. The van der Waals surface area contributed by atoms with E-state index >= 15 is 0 Å². The third-order valence-corrected chi connectivity index (χ3v) is 6.91. The lowest BCUT2D eigenvalue weighted by Gasteiger charge is -2.23. The number of hydrogen-bond donors (Lipinski definition) is 3. The molecule has 6 nitrogen and oxygen atoms in total. The molecule has 0 radical (unpaired) electrons. The molecule has 2 aliphatic rings. The van der Waals surface area contributed by atoms with Gasteiger partial charge in [0.2, 0.25) is 0 Å². The van der Waals surface area contributed by atoms with Gasteiger partial charge in [0.25, 0.3) is 0 Å². The molecule has 3 N–H and O–H groups in total. The molecule has 0 saturated carbocycles. The summed E-state index contributed by atoms with van der Waals surface area (Å²) in [5, 5.41) is 16.8. The normalized spacial score (nSPS) is 25.9. The molecule has 2 fully saturated rings. The first-order chi connectivity index (χ1) is 15.0. The summed E-state index contributed by atoms with van der Waals surface area (Å²) in [7, 11) is 0. The topological polar surface area (TPSA) is 91.6 Å². The standard InChI is InChI=1S/C23H26N2O4S2/c26-16(7-3-2-6-14-11-13-5-1-4-8-17(13)29-14)19-18(30)12-25-21(19)22(27)15-9-10-24-20(15)23(28)31/h1,4-5,8,11,15,19-21,24-25H,2-3,6-7,9-10,12H2,(H,28,31)/t15?,19?,20-,21-/m0/s1. The van der Waals surface area contributed by atoms with E-state index in [1.165, 1.54) is 0 Å². The highest BCUT2D eigenvalue weighted by Gasteiger charge is 2.46. The van der Waals surface area contributed by atoms with Gasteiger partial charge in [-0.1, -0.05) is 30.4 Å². The van der Waals surface area contributed by atoms with E-state index in [1.807, 2.05) is 30.3 Å². The maximum atomic E-state index is 13.1. The SMILES string of the molecule is O=C(CCCCc1cc2ccccc2o1)C1C(=S)CN[C@@H]1C(=O)C1CCN[C@@H]1C(O)=S. The number of Topliss-reactive ketones (excluding diaryl/α,β-unsaturated/α-hetero) is 2. The summed E-state index contributed by atoms with van der Waals surface area (Å²) < 4.78 is 5.83. The third-order valence-electron chi connectivity index (χ3n) is 6.26. The van der Waals surface area contributed by atoms with Crippen molar-refractivity contribution in [1.29, 1.82) is 0 Å². The molecular formula is C23H26N2O4S2. The first-order valence-electron chi connectivity index (χ1n) is 10.7. The number of nitrogens with one attached hydrogen (secondary N) is 2. The van der Waals surface area contributed by atoms with Crippen LogP contribution >= 0.6 is 24.4 Å². The largest absolute Gasteiger partial charge is 0.501 e. The second-order valence-electron chi connectivity index (χ2n) is 8.29. The van der Waals surface area contributed by atoms with Crippen molar-refractivity contribution in [2.75, 3.05) is 13.1 Å². The van der Waals surface area contributed by atoms with Crippen molar-refractivity contribution in [3.63, 3.8) is 0 Å². The Bertz CT molecular complexity index is 985. The van der Waals surface area contributed by atoms with Crippen molar-refractivity contribution >= 4 is 56.9 Å². The number of benzene rings is 1. The van der Waals surface area contributed by atoms with Gasteiger partial charge in [0.05, 0.1) is 18.0 Å². The van der Waals surface area contributed by atoms with Gasteiger partial charge in [-0.05, 0) is 50.2 Å². The van der Waals surface area contributed by atoms with Crippen LogP contribution in [-0.2, 0) is 16.0 Å². The lowest BCUT2D eigenvalue weighted by molar-refractivity contribution is -0.129. The maximum Gasteiger partial charge on any atom is 0.174 e. The van der Waals surface area contributed by atoms with Crippen LogP contribution in [0.15, 0.2) is 34.7 Å². The number of unbranched alkanes of at least 4 members (excludes halogenated alkanes) is 1. The van der Waals surface area contributed by atoms with Crippen LogP contribution < -0.4 is 10.6 Å². The Morgan fingerprint density at radius 1 is 1.16 bits per heavy atom. The first-order valence-corrected chi connectivity index (χ1v) is 11.5. The number of aliphatic hydroxyl groups excluding tert-OH is 1. The van der Waals surface area contributed by atoms with Gasteiger partial charge in [-0.2, -0.15) is 0 Å². The van der Waals surface area contributed by atoms with Crippen molar-refractivity contribution in [2.45, 2.75) is 44.2 Å². The monoisotopic (exact) mass is 458 g/mol. The third kappa shape index (κ3) is 4.77. The van der Waals surface area contributed by atoms with E-state index in [2.05, 4.69) is 10.6 Å². The highest BCUT2D eigenvalue weighted by molar-refractivity contribution is 7.80. The number of para-hydroxylation sites is 1. The number of fused-ring (bicyclic) bond motifs is 1. The fourth-order valence-corrected chi connectivity index (χ4v) is 5.27. The summed E-state index contributed by atoms with van der Waals surface area (Å²) in [6.07, 6.45) is 3.27. The Kier molecular flexibility index (Phi) is 6.91. The second-order valence-corrected chi connectivity index (χ2v) is 9.24. The van der Waals surface area contributed by atoms with Crippen molar-refractivity contribution in [3.05, 3.63) is 36.1 Å². The predicted octanol–water partition coefficient (Wildman–Crippen LogP) is 3.11. The summed E-state index contributed by atoms with van der Waals surface area (Å²) in [5.41, 5.74) is 0.874. The van der Waals surface area contributed by atoms with E-state index in [1.54, 1.807) is 0 Å². The molecule has 0 aliphatic carbocycles. The highest BCUT2D eigenvalue weighted by atomic mass is 32.1. The van der Waals surface area contributed by atoms with E-state index in [0.29, 0.717) is 37.2 Å². The molecule has 8 heteroatoms. The average molecular weight is 459 g/mol. The Balaban J connectivity index is 1.32. The van der Waals surface area contributed by atoms with Gasteiger partial charge in [-0.3, -0.25) is 9.59 Å². The molecule has 4 atom stereocenters. The number of furan rings is 1. The second kappa shape index (κ2) is 9.65. The fraction of sp³-hybridized carbons (Fsp3) is 0.478. The van der Waals surface area contributed by atoms with Crippen LogP contribution in [0.5, 0.6) is 0 Å². The van der Waals surface area contributed by atoms with Gasteiger partial charge in [-0.15, -0.1) is 0 Å². The molecule has 0 bridgehead atoms. The van der Waals surface area contributed by atoms with Crippen LogP contribution in [0.25, 0.3) is 11.0 Å². The zero-order chi connectivity index (χ0) is 22.0. The molecular weight excluding hydrogens is 432 g/mol. The van der Waals surface area contributed by atoms with Gasteiger partial charge in [-0.25, -0.2) is 0 Å². The Hall–Kier alpha value is -2.00. The van der Waals surface area contributed by atoms with Crippen LogP contribution in [0, 0.1) is 11.8 Å².